The van der Waals surface area contributed by atoms with Crippen molar-refractivity contribution < 1.29 is 14.1 Å². The summed E-state index contributed by atoms with van der Waals surface area (Å²) in [6.07, 6.45) is 5.38. The summed E-state index contributed by atoms with van der Waals surface area (Å²) < 4.78 is 6.46. The van der Waals surface area contributed by atoms with Crippen LogP contribution in [0.2, 0.25) is 0 Å². The molecule has 1 unspecified atom stereocenters. The molecule has 1 atom stereocenters. The predicted molar refractivity (Wildman–Crippen MR) is 123 cm³/mol. The van der Waals surface area contributed by atoms with E-state index in [0.29, 0.717) is 18.7 Å². The standard InChI is InChI=1S/C24H29N3O3S/c1-4-9-17-15-20(25-30-17)23(28)27-13-8-7-10-16(27)14-19-18-11-5-6-12-21(18)31-22(19)24(29)26(2)3/h5-6,11-12,15-16H,4,7-10,13-14H2,1-3H3. The van der Waals surface area contributed by atoms with Gasteiger partial charge < -0.3 is 14.3 Å². The number of aromatic nitrogens is 1. The lowest BCUT2D eigenvalue weighted by Gasteiger charge is -2.35. The van der Waals surface area contributed by atoms with Crippen LogP contribution in [0.5, 0.6) is 0 Å². The van der Waals surface area contributed by atoms with Crippen molar-refractivity contribution in [3.63, 3.8) is 0 Å². The van der Waals surface area contributed by atoms with Crippen LogP contribution < -0.4 is 0 Å². The van der Waals surface area contributed by atoms with Gasteiger partial charge in [-0.2, -0.15) is 0 Å². The van der Waals surface area contributed by atoms with Crippen molar-refractivity contribution in [2.24, 2.45) is 0 Å². The smallest absolute Gasteiger partial charge is 0.276 e. The second-order valence-corrected chi connectivity index (χ2v) is 9.44. The minimum absolute atomic E-state index is 0.0191. The van der Waals surface area contributed by atoms with Gasteiger partial charge in [0.2, 0.25) is 0 Å². The highest BCUT2D eigenvalue weighted by Crippen LogP contribution is 2.35. The molecule has 0 saturated carbocycles. The first kappa shape index (κ1) is 21.6. The Balaban J connectivity index is 1.65. The van der Waals surface area contributed by atoms with E-state index in [0.717, 1.165) is 58.4 Å². The number of likely N-dealkylation sites (tertiary alicyclic amines) is 1. The van der Waals surface area contributed by atoms with Crippen molar-refractivity contribution in [2.45, 2.75) is 51.5 Å². The van der Waals surface area contributed by atoms with E-state index in [1.807, 2.05) is 17.0 Å². The SMILES string of the molecule is CCCc1cc(C(=O)N2CCCCC2Cc2c(C(=O)N(C)C)sc3ccccc23)no1. The van der Waals surface area contributed by atoms with Crippen molar-refractivity contribution in [1.82, 2.24) is 15.0 Å². The zero-order chi connectivity index (χ0) is 22.0. The van der Waals surface area contributed by atoms with Gasteiger partial charge in [0.05, 0.1) is 4.88 Å². The first-order valence-electron chi connectivity index (χ1n) is 11.0. The van der Waals surface area contributed by atoms with Crippen LogP contribution >= 0.6 is 11.3 Å². The van der Waals surface area contributed by atoms with Gasteiger partial charge >= 0.3 is 0 Å². The number of carbonyl (C=O) groups is 2. The number of fused-ring (bicyclic) bond motifs is 1. The molecule has 3 heterocycles. The lowest BCUT2D eigenvalue weighted by atomic mass is 9.93. The van der Waals surface area contributed by atoms with Gasteiger partial charge in [0.1, 0.15) is 5.76 Å². The summed E-state index contributed by atoms with van der Waals surface area (Å²) in [7, 11) is 3.57. The third kappa shape index (κ3) is 4.37. The van der Waals surface area contributed by atoms with Gasteiger partial charge in [-0.25, -0.2) is 0 Å². The predicted octanol–water partition coefficient (Wildman–Crippen LogP) is 4.78. The molecule has 6 nitrogen and oxygen atoms in total. The fourth-order valence-electron chi connectivity index (χ4n) is 4.32. The number of hydrogen-bond donors (Lipinski definition) is 0. The summed E-state index contributed by atoms with van der Waals surface area (Å²) in [5, 5.41) is 5.15. The number of piperidine rings is 1. The summed E-state index contributed by atoms with van der Waals surface area (Å²) >= 11 is 1.54. The maximum absolute atomic E-state index is 13.3. The molecule has 3 aromatic rings. The molecule has 31 heavy (non-hydrogen) atoms. The van der Waals surface area contributed by atoms with Crippen molar-refractivity contribution in [1.29, 1.82) is 0 Å². The molecule has 1 fully saturated rings. The second-order valence-electron chi connectivity index (χ2n) is 8.39. The molecule has 2 amide bonds. The van der Waals surface area contributed by atoms with Crippen LogP contribution in [0.15, 0.2) is 34.9 Å². The number of carbonyl (C=O) groups excluding carboxylic acids is 2. The lowest BCUT2D eigenvalue weighted by Crippen LogP contribution is -2.45. The van der Waals surface area contributed by atoms with Gasteiger partial charge in [-0.3, -0.25) is 9.59 Å². The molecule has 0 bridgehead atoms. The van der Waals surface area contributed by atoms with E-state index in [4.69, 9.17) is 4.52 Å². The Morgan fingerprint density at radius 1 is 1.26 bits per heavy atom. The number of aryl methyl sites for hydroxylation is 1. The highest BCUT2D eigenvalue weighted by Gasteiger charge is 2.31. The molecular formula is C24H29N3O3S. The number of benzene rings is 1. The quantitative estimate of drug-likeness (QED) is 0.554. The van der Waals surface area contributed by atoms with E-state index < -0.39 is 0 Å². The first-order valence-corrected chi connectivity index (χ1v) is 11.8. The van der Waals surface area contributed by atoms with Crippen molar-refractivity contribution in [3.8, 4) is 0 Å². The Bertz CT molecular complexity index is 1080. The average molecular weight is 440 g/mol. The van der Waals surface area contributed by atoms with Crippen LogP contribution in [0.3, 0.4) is 0 Å². The molecule has 2 aromatic heterocycles. The van der Waals surface area contributed by atoms with E-state index >= 15 is 0 Å². The van der Waals surface area contributed by atoms with E-state index in [1.165, 1.54) is 0 Å². The molecule has 7 heteroatoms. The van der Waals surface area contributed by atoms with Crippen molar-refractivity contribution in [3.05, 3.63) is 52.2 Å². The maximum Gasteiger partial charge on any atom is 0.276 e. The van der Waals surface area contributed by atoms with E-state index in [-0.39, 0.29) is 17.9 Å². The minimum atomic E-state index is -0.0733. The Labute approximate surface area is 186 Å². The fraction of sp³-hybridized carbons (Fsp3) is 0.458. The molecule has 0 spiro atoms. The molecule has 1 aliphatic heterocycles. The summed E-state index contributed by atoms with van der Waals surface area (Å²) in [5.41, 5.74) is 1.44. The van der Waals surface area contributed by atoms with Crippen LogP contribution in [0.1, 0.15) is 64.1 Å². The highest BCUT2D eigenvalue weighted by atomic mass is 32.1. The van der Waals surface area contributed by atoms with E-state index in [1.54, 1.807) is 36.4 Å². The summed E-state index contributed by atoms with van der Waals surface area (Å²) in [6.45, 7) is 2.78. The van der Waals surface area contributed by atoms with E-state index in [2.05, 4.69) is 24.2 Å². The van der Waals surface area contributed by atoms with Gasteiger partial charge in [0, 0.05) is 43.9 Å². The van der Waals surface area contributed by atoms with Crippen LogP contribution in [0.25, 0.3) is 10.1 Å². The van der Waals surface area contributed by atoms with Crippen molar-refractivity contribution >= 4 is 33.2 Å². The van der Waals surface area contributed by atoms with Gasteiger partial charge in [0.15, 0.2) is 5.69 Å². The fourth-order valence-corrected chi connectivity index (χ4v) is 5.57. The van der Waals surface area contributed by atoms with E-state index in [9.17, 15) is 9.59 Å². The third-order valence-corrected chi connectivity index (χ3v) is 7.10. The molecule has 1 aromatic carbocycles. The largest absolute Gasteiger partial charge is 0.361 e. The molecule has 1 saturated heterocycles. The van der Waals surface area contributed by atoms with Crippen LogP contribution in [0.4, 0.5) is 0 Å². The Morgan fingerprint density at radius 2 is 2.06 bits per heavy atom. The summed E-state index contributed by atoms with van der Waals surface area (Å²) in [4.78, 5) is 30.5. The maximum atomic E-state index is 13.3. The number of amides is 2. The van der Waals surface area contributed by atoms with Gasteiger partial charge in [-0.15, -0.1) is 11.3 Å². The average Bonchev–Trinajstić information content (AvgIpc) is 3.38. The zero-order valence-corrected chi connectivity index (χ0v) is 19.2. The van der Waals surface area contributed by atoms with Crippen LogP contribution in [-0.4, -0.2) is 53.5 Å². The summed E-state index contributed by atoms with van der Waals surface area (Å²) in [5.74, 6) is 0.698. The molecule has 0 aliphatic carbocycles. The number of hydrogen-bond acceptors (Lipinski definition) is 5. The van der Waals surface area contributed by atoms with Gasteiger partial charge in [-0.05, 0) is 49.1 Å². The topological polar surface area (TPSA) is 66.7 Å². The number of nitrogens with zero attached hydrogens (tertiary/aromatic N) is 3. The van der Waals surface area contributed by atoms with Gasteiger partial charge in [0.25, 0.3) is 11.8 Å². The zero-order valence-electron chi connectivity index (χ0n) is 18.4. The van der Waals surface area contributed by atoms with Crippen LogP contribution in [-0.2, 0) is 12.8 Å². The Hall–Kier alpha value is -2.67. The minimum Gasteiger partial charge on any atom is -0.361 e. The monoisotopic (exact) mass is 439 g/mol. The third-order valence-electron chi connectivity index (χ3n) is 5.90. The highest BCUT2D eigenvalue weighted by molar-refractivity contribution is 7.21. The van der Waals surface area contributed by atoms with Crippen LogP contribution in [0, 0.1) is 0 Å². The number of rotatable bonds is 6. The van der Waals surface area contributed by atoms with Gasteiger partial charge in [-0.1, -0.05) is 30.3 Å². The molecule has 0 N–H and O–H groups in total. The van der Waals surface area contributed by atoms with Crippen molar-refractivity contribution in [2.75, 3.05) is 20.6 Å². The Kier molecular flexibility index (Phi) is 6.41. The molecule has 0 radical (unpaired) electrons. The first-order chi connectivity index (χ1) is 15.0. The Morgan fingerprint density at radius 3 is 2.84 bits per heavy atom. The molecule has 164 valence electrons. The lowest BCUT2D eigenvalue weighted by molar-refractivity contribution is 0.0603. The molecular weight excluding hydrogens is 410 g/mol. The molecule has 1 aliphatic rings. The summed E-state index contributed by atoms with van der Waals surface area (Å²) in [6, 6.07) is 9.97. The second kappa shape index (κ2) is 9.22. The number of thiophene rings is 1. The molecule has 4 rings (SSSR count). The normalized spacial score (nSPS) is 16.6.